The number of rotatable bonds is 3. The molecule has 0 rings (SSSR count). The van der Waals surface area contributed by atoms with E-state index in [4.69, 9.17) is 0 Å². The normalized spacial score (nSPS) is 14.6. The van der Waals surface area contributed by atoms with Gasteiger partial charge in [0.1, 0.15) is 0 Å². The van der Waals surface area contributed by atoms with Crippen LogP contribution >= 0.6 is 31.9 Å². The SMILES string of the molecule is CC(C)C(Br)CCBr. The molecule has 1 atom stereocenters. The van der Waals surface area contributed by atoms with Crippen LogP contribution in [0.5, 0.6) is 0 Å². The minimum atomic E-state index is 0.682. The summed E-state index contributed by atoms with van der Waals surface area (Å²) in [5.41, 5.74) is 0. The maximum absolute atomic E-state index is 3.57. The van der Waals surface area contributed by atoms with E-state index < -0.39 is 0 Å². The third-order valence-electron chi connectivity index (χ3n) is 1.11. The molecule has 0 aromatic rings. The lowest BCUT2D eigenvalue weighted by molar-refractivity contribution is 0.607. The van der Waals surface area contributed by atoms with Crippen LogP contribution in [0, 0.1) is 5.92 Å². The van der Waals surface area contributed by atoms with E-state index in [1.54, 1.807) is 0 Å². The summed E-state index contributed by atoms with van der Waals surface area (Å²) in [7, 11) is 0. The average molecular weight is 244 g/mol. The molecule has 8 heavy (non-hydrogen) atoms. The Balaban J connectivity index is 3.17. The molecule has 0 aliphatic heterocycles. The molecule has 0 fully saturated rings. The lowest BCUT2D eigenvalue weighted by atomic mass is 10.1. The fourth-order valence-corrected chi connectivity index (χ4v) is 1.77. The van der Waals surface area contributed by atoms with Crippen molar-refractivity contribution in [1.29, 1.82) is 0 Å². The van der Waals surface area contributed by atoms with E-state index in [1.807, 2.05) is 0 Å². The van der Waals surface area contributed by atoms with Gasteiger partial charge in [0.05, 0.1) is 0 Å². The van der Waals surface area contributed by atoms with Crippen LogP contribution in [-0.2, 0) is 0 Å². The molecule has 0 radical (unpaired) electrons. The molecular formula is C6H12Br2. The van der Waals surface area contributed by atoms with Gasteiger partial charge >= 0.3 is 0 Å². The maximum Gasteiger partial charge on any atom is 0.0176 e. The van der Waals surface area contributed by atoms with Gasteiger partial charge in [-0.05, 0) is 12.3 Å². The molecule has 0 nitrogen and oxygen atoms in total. The number of halogens is 2. The Bertz CT molecular complexity index is 52.5. The summed E-state index contributed by atoms with van der Waals surface area (Å²) >= 11 is 6.96. The van der Waals surface area contributed by atoms with Crippen molar-refractivity contribution in [2.24, 2.45) is 5.92 Å². The van der Waals surface area contributed by atoms with Gasteiger partial charge < -0.3 is 0 Å². The highest BCUT2D eigenvalue weighted by atomic mass is 79.9. The second-order valence-corrected chi connectivity index (χ2v) is 4.21. The minimum absolute atomic E-state index is 0.682. The third kappa shape index (κ3) is 3.90. The summed E-state index contributed by atoms with van der Waals surface area (Å²) < 4.78 is 0. The summed E-state index contributed by atoms with van der Waals surface area (Å²) in [5, 5.41) is 1.10. The fraction of sp³-hybridized carbons (Fsp3) is 1.00. The molecule has 0 aromatic carbocycles. The Morgan fingerprint density at radius 2 is 1.88 bits per heavy atom. The highest BCUT2D eigenvalue weighted by Gasteiger charge is 2.06. The maximum atomic E-state index is 3.57. The summed E-state index contributed by atoms with van der Waals surface area (Å²) in [6.45, 7) is 4.45. The summed E-state index contributed by atoms with van der Waals surface area (Å²) in [4.78, 5) is 0.682. The van der Waals surface area contributed by atoms with Crippen molar-refractivity contribution in [1.82, 2.24) is 0 Å². The van der Waals surface area contributed by atoms with Crippen molar-refractivity contribution >= 4 is 31.9 Å². The van der Waals surface area contributed by atoms with Crippen molar-refractivity contribution in [2.75, 3.05) is 5.33 Å². The first-order valence-corrected chi connectivity index (χ1v) is 4.92. The third-order valence-corrected chi connectivity index (χ3v) is 3.08. The Hall–Kier alpha value is 0.960. The molecule has 0 N–H and O–H groups in total. The van der Waals surface area contributed by atoms with Crippen molar-refractivity contribution in [3.05, 3.63) is 0 Å². The Morgan fingerprint density at radius 3 is 2.00 bits per heavy atom. The van der Waals surface area contributed by atoms with Gasteiger partial charge in [0.2, 0.25) is 0 Å². The molecule has 50 valence electrons. The van der Waals surface area contributed by atoms with Crippen LogP contribution < -0.4 is 0 Å². The van der Waals surface area contributed by atoms with Gasteiger partial charge in [0, 0.05) is 10.2 Å². The lowest BCUT2D eigenvalue weighted by Gasteiger charge is -2.10. The van der Waals surface area contributed by atoms with Crippen molar-refractivity contribution in [3.63, 3.8) is 0 Å². The molecule has 0 amide bonds. The van der Waals surface area contributed by atoms with E-state index >= 15 is 0 Å². The second-order valence-electron chi connectivity index (χ2n) is 2.24. The van der Waals surface area contributed by atoms with Gasteiger partial charge in [-0.1, -0.05) is 45.7 Å². The highest BCUT2D eigenvalue weighted by Crippen LogP contribution is 2.16. The van der Waals surface area contributed by atoms with Gasteiger partial charge in [-0.15, -0.1) is 0 Å². The molecule has 0 heterocycles. The highest BCUT2D eigenvalue weighted by molar-refractivity contribution is 9.10. The minimum Gasteiger partial charge on any atom is -0.0928 e. The number of hydrogen-bond donors (Lipinski definition) is 0. The van der Waals surface area contributed by atoms with Crippen LogP contribution in [0.15, 0.2) is 0 Å². The topological polar surface area (TPSA) is 0 Å². The number of alkyl halides is 2. The average Bonchev–Trinajstić information content (AvgIpc) is 1.67. The molecule has 1 unspecified atom stereocenters. The van der Waals surface area contributed by atoms with E-state index in [0.717, 1.165) is 11.2 Å². The van der Waals surface area contributed by atoms with Crippen LogP contribution in [0.3, 0.4) is 0 Å². The molecule has 0 saturated heterocycles. The Kier molecular flexibility index (Phi) is 5.38. The van der Waals surface area contributed by atoms with Crippen LogP contribution in [0.4, 0.5) is 0 Å². The molecule has 2 heteroatoms. The molecule has 0 bridgehead atoms. The van der Waals surface area contributed by atoms with Crippen molar-refractivity contribution in [3.8, 4) is 0 Å². The predicted molar refractivity (Wildman–Crippen MR) is 46.0 cm³/mol. The zero-order valence-corrected chi connectivity index (χ0v) is 8.50. The van der Waals surface area contributed by atoms with Crippen LogP contribution in [-0.4, -0.2) is 10.2 Å². The quantitative estimate of drug-likeness (QED) is 0.668. The summed E-state index contributed by atoms with van der Waals surface area (Å²) in [6, 6.07) is 0. The molecule has 0 spiro atoms. The van der Waals surface area contributed by atoms with E-state index in [9.17, 15) is 0 Å². The largest absolute Gasteiger partial charge is 0.0928 e. The van der Waals surface area contributed by atoms with Gasteiger partial charge in [0.25, 0.3) is 0 Å². The number of hydrogen-bond acceptors (Lipinski definition) is 0. The van der Waals surface area contributed by atoms with Gasteiger partial charge in [-0.25, -0.2) is 0 Å². The molecule has 0 aliphatic rings. The molecule has 0 aromatic heterocycles. The fourth-order valence-electron chi connectivity index (χ4n) is 0.438. The van der Waals surface area contributed by atoms with Crippen LogP contribution in [0.1, 0.15) is 20.3 Å². The Labute approximate surface area is 68.3 Å². The first kappa shape index (κ1) is 8.96. The molecular weight excluding hydrogens is 232 g/mol. The summed E-state index contributed by atoms with van der Waals surface area (Å²) in [5.74, 6) is 0.757. The van der Waals surface area contributed by atoms with Gasteiger partial charge in [0.15, 0.2) is 0 Å². The van der Waals surface area contributed by atoms with Crippen molar-refractivity contribution in [2.45, 2.75) is 25.1 Å². The predicted octanol–water partition coefficient (Wildman–Crippen LogP) is 3.19. The first-order valence-electron chi connectivity index (χ1n) is 2.88. The molecule has 0 aliphatic carbocycles. The zero-order chi connectivity index (χ0) is 6.57. The molecule has 0 saturated carbocycles. The van der Waals surface area contributed by atoms with E-state index in [0.29, 0.717) is 4.83 Å². The zero-order valence-electron chi connectivity index (χ0n) is 5.32. The van der Waals surface area contributed by atoms with Crippen LogP contribution in [0.25, 0.3) is 0 Å². The van der Waals surface area contributed by atoms with E-state index in [2.05, 4.69) is 45.7 Å². The van der Waals surface area contributed by atoms with Gasteiger partial charge in [-0.3, -0.25) is 0 Å². The van der Waals surface area contributed by atoms with E-state index in [1.165, 1.54) is 6.42 Å². The lowest BCUT2D eigenvalue weighted by Crippen LogP contribution is -2.06. The van der Waals surface area contributed by atoms with Crippen LogP contribution in [0.2, 0.25) is 0 Å². The van der Waals surface area contributed by atoms with Crippen molar-refractivity contribution < 1.29 is 0 Å². The standard InChI is InChI=1S/C6H12Br2/c1-5(2)6(8)3-4-7/h5-6H,3-4H2,1-2H3. The summed E-state index contributed by atoms with van der Waals surface area (Å²) in [6.07, 6.45) is 1.22. The first-order chi connectivity index (χ1) is 3.68. The monoisotopic (exact) mass is 242 g/mol. The smallest absolute Gasteiger partial charge is 0.0176 e. The van der Waals surface area contributed by atoms with Gasteiger partial charge in [-0.2, -0.15) is 0 Å². The Morgan fingerprint density at radius 1 is 1.38 bits per heavy atom. The van der Waals surface area contributed by atoms with E-state index in [-0.39, 0.29) is 0 Å². The second kappa shape index (κ2) is 4.80.